The molecule has 0 spiro atoms. The summed E-state index contributed by atoms with van der Waals surface area (Å²) in [6, 6.07) is 23.9. The number of fused-ring (bicyclic) bond motifs is 3. The van der Waals surface area contributed by atoms with E-state index in [4.69, 9.17) is 0 Å². The fourth-order valence-corrected chi connectivity index (χ4v) is 3.95. The molecule has 0 amide bonds. The highest BCUT2D eigenvalue weighted by Gasteiger charge is 2.09. The minimum absolute atomic E-state index is 1.28. The number of rotatable bonds is 1. The van der Waals surface area contributed by atoms with Crippen LogP contribution in [0.3, 0.4) is 0 Å². The summed E-state index contributed by atoms with van der Waals surface area (Å²) in [5.74, 6) is 0. The van der Waals surface area contributed by atoms with Gasteiger partial charge in [-0.15, -0.1) is 11.3 Å². The van der Waals surface area contributed by atoms with E-state index >= 15 is 0 Å². The SMILES string of the molecule is Cc1cc(-c2ccccc2)cc2c1sc1ccccc12. The fourth-order valence-electron chi connectivity index (χ4n) is 2.79. The molecule has 0 saturated carbocycles. The van der Waals surface area contributed by atoms with Crippen molar-refractivity contribution in [3.63, 3.8) is 0 Å². The molecular weight excluding hydrogens is 260 g/mol. The topological polar surface area (TPSA) is 0 Å². The van der Waals surface area contributed by atoms with Crippen LogP contribution in [0, 0.1) is 6.92 Å². The summed E-state index contributed by atoms with van der Waals surface area (Å²) in [7, 11) is 0. The zero-order valence-corrected chi connectivity index (χ0v) is 12.1. The molecule has 3 aromatic carbocycles. The molecule has 0 aliphatic rings. The lowest BCUT2D eigenvalue weighted by molar-refractivity contribution is 1.54. The highest BCUT2D eigenvalue weighted by atomic mass is 32.1. The zero-order valence-electron chi connectivity index (χ0n) is 11.3. The van der Waals surface area contributed by atoms with Crippen LogP contribution in [-0.4, -0.2) is 0 Å². The van der Waals surface area contributed by atoms with Gasteiger partial charge in [-0.2, -0.15) is 0 Å². The molecule has 0 radical (unpaired) electrons. The molecule has 0 N–H and O–H groups in total. The van der Waals surface area contributed by atoms with E-state index in [0.717, 1.165) is 0 Å². The Morgan fingerprint density at radius 3 is 2.30 bits per heavy atom. The normalized spacial score (nSPS) is 11.2. The third-order valence-corrected chi connectivity index (χ3v) is 5.09. The highest BCUT2D eigenvalue weighted by molar-refractivity contribution is 7.26. The van der Waals surface area contributed by atoms with Gasteiger partial charge >= 0.3 is 0 Å². The molecule has 1 heterocycles. The van der Waals surface area contributed by atoms with Crippen molar-refractivity contribution in [3.8, 4) is 11.1 Å². The van der Waals surface area contributed by atoms with Crippen LogP contribution < -0.4 is 0 Å². The summed E-state index contributed by atoms with van der Waals surface area (Å²) in [5, 5.41) is 2.75. The summed E-state index contributed by atoms with van der Waals surface area (Å²) in [5.41, 5.74) is 3.95. The molecule has 96 valence electrons. The highest BCUT2D eigenvalue weighted by Crippen LogP contribution is 2.38. The van der Waals surface area contributed by atoms with Crippen LogP contribution in [0.15, 0.2) is 66.7 Å². The summed E-state index contributed by atoms with van der Waals surface area (Å²) in [6.45, 7) is 2.21. The van der Waals surface area contributed by atoms with Gasteiger partial charge in [-0.3, -0.25) is 0 Å². The maximum absolute atomic E-state index is 2.33. The zero-order chi connectivity index (χ0) is 13.5. The number of hydrogen-bond donors (Lipinski definition) is 0. The lowest BCUT2D eigenvalue weighted by Gasteiger charge is -2.04. The van der Waals surface area contributed by atoms with Gasteiger partial charge in [0.2, 0.25) is 0 Å². The van der Waals surface area contributed by atoms with Crippen molar-refractivity contribution in [2.24, 2.45) is 0 Å². The van der Waals surface area contributed by atoms with Gasteiger partial charge in [0.15, 0.2) is 0 Å². The largest absolute Gasteiger partial charge is 0.135 e. The number of hydrogen-bond acceptors (Lipinski definition) is 1. The van der Waals surface area contributed by atoms with Gasteiger partial charge in [-0.05, 0) is 41.8 Å². The first-order chi connectivity index (χ1) is 9.83. The van der Waals surface area contributed by atoms with Crippen molar-refractivity contribution in [1.82, 2.24) is 0 Å². The Bertz CT molecular complexity index is 901. The van der Waals surface area contributed by atoms with E-state index in [1.807, 2.05) is 11.3 Å². The first kappa shape index (κ1) is 11.7. The van der Waals surface area contributed by atoms with Crippen LogP contribution in [0.25, 0.3) is 31.3 Å². The summed E-state index contributed by atoms with van der Waals surface area (Å²) < 4.78 is 2.78. The Hall–Kier alpha value is -2.12. The van der Waals surface area contributed by atoms with E-state index in [2.05, 4.69) is 73.7 Å². The van der Waals surface area contributed by atoms with E-state index < -0.39 is 0 Å². The van der Waals surface area contributed by atoms with Crippen molar-refractivity contribution >= 4 is 31.5 Å². The summed E-state index contributed by atoms with van der Waals surface area (Å²) >= 11 is 1.89. The standard InChI is InChI=1S/C19H14S/c1-13-11-15(14-7-3-2-4-8-14)12-17-16-9-5-6-10-18(16)20-19(13)17/h2-12H,1H3. The second-order valence-corrected chi connectivity index (χ2v) is 6.19. The predicted octanol–water partition coefficient (Wildman–Crippen LogP) is 6.03. The second-order valence-electron chi connectivity index (χ2n) is 5.13. The smallest absolute Gasteiger partial charge is 0.0385 e. The molecule has 20 heavy (non-hydrogen) atoms. The monoisotopic (exact) mass is 274 g/mol. The molecule has 0 saturated heterocycles. The molecule has 0 nitrogen and oxygen atoms in total. The van der Waals surface area contributed by atoms with Crippen molar-refractivity contribution in [2.45, 2.75) is 6.92 Å². The molecule has 0 atom stereocenters. The molecule has 0 aliphatic heterocycles. The summed E-state index contributed by atoms with van der Waals surface area (Å²) in [6.07, 6.45) is 0. The minimum Gasteiger partial charge on any atom is -0.135 e. The average molecular weight is 274 g/mol. The van der Waals surface area contributed by atoms with E-state index in [-0.39, 0.29) is 0 Å². The number of thiophene rings is 1. The molecule has 4 rings (SSSR count). The molecule has 0 fully saturated rings. The molecule has 0 aliphatic carbocycles. The molecule has 0 bridgehead atoms. The lowest BCUT2D eigenvalue weighted by Crippen LogP contribution is -1.80. The Balaban J connectivity index is 2.08. The van der Waals surface area contributed by atoms with Crippen LogP contribution >= 0.6 is 11.3 Å². The van der Waals surface area contributed by atoms with Crippen LogP contribution in [0.4, 0.5) is 0 Å². The van der Waals surface area contributed by atoms with Gasteiger partial charge in [0, 0.05) is 20.2 Å². The Labute approximate surface area is 122 Å². The van der Waals surface area contributed by atoms with Gasteiger partial charge in [-0.25, -0.2) is 0 Å². The van der Waals surface area contributed by atoms with E-state index in [0.29, 0.717) is 0 Å². The van der Waals surface area contributed by atoms with Gasteiger partial charge in [-0.1, -0.05) is 48.5 Å². The van der Waals surface area contributed by atoms with E-state index in [1.165, 1.54) is 36.9 Å². The number of benzene rings is 3. The predicted molar refractivity (Wildman–Crippen MR) is 89.5 cm³/mol. The third-order valence-electron chi connectivity index (χ3n) is 3.77. The van der Waals surface area contributed by atoms with Gasteiger partial charge in [0.1, 0.15) is 0 Å². The summed E-state index contributed by atoms with van der Waals surface area (Å²) in [4.78, 5) is 0. The van der Waals surface area contributed by atoms with Crippen molar-refractivity contribution < 1.29 is 0 Å². The van der Waals surface area contributed by atoms with E-state index in [1.54, 1.807) is 0 Å². The molecular formula is C19H14S. The quantitative estimate of drug-likeness (QED) is 0.397. The minimum atomic E-state index is 1.28. The van der Waals surface area contributed by atoms with Crippen molar-refractivity contribution in [3.05, 3.63) is 72.3 Å². The van der Waals surface area contributed by atoms with Crippen LogP contribution in [0.2, 0.25) is 0 Å². The van der Waals surface area contributed by atoms with Gasteiger partial charge < -0.3 is 0 Å². The Morgan fingerprint density at radius 2 is 1.45 bits per heavy atom. The van der Waals surface area contributed by atoms with Gasteiger partial charge in [0.05, 0.1) is 0 Å². The molecule has 0 unspecified atom stereocenters. The maximum Gasteiger partial charge on any atom is 0.0385 e. The van der Waals surface area contributed by atoms with Crippen LogP contribution in [0.5, 0.6) is 0 Å². The third kappa shape index (κ3) is 1.75. The maximum atomic E-state index is 2.33. The van der Waals surface area contributed by atoms with Crippen molar-refractivity contribution in [2.75, 3.05) is 0 Å². The van der Waals surface area contributed by atoms with E-state index in [9.17, 15) is 0 Å². The van der Waals surface area contributed by atoms with Crippen LogP contribution in [0.1, 0.15) is 5.56 Å². The fraction of sp³-hybridized carbons (Fsp3) is 0.0526. The molecule has 4 aromatic rings. The second kappa shape index (κ2) is 4.46. The Morgan fingerprint density at radius 1 is 0.700 bits per heavy atom. The molecule has 1 heteroatoms. The van der Waals surface area contributed by atoms with Gasteiger partial charge in [0.25, 0.3) is 0 Å². The first-order valence-corrected chi connectivity index (χ1v) is 7.62. The van der Waals surface area contributed by atoms with Crippen LogP contribution in [-0.2, 0) is 0 Å². The first-order valence-electron chi connectivity index (χ1n) is 6.80. The van der Waals surface area contributed by atoms with Crippen molar-refractivity contribution in [1.29, 1.82) is 0 Å². The molecule has 1 aromatic heterocycles. The Kier molecular flexibility index (Phi) is 2.61. The number of aryl methyl sites for hydroxylation is 1. The lowest BCUT2D eigenvalue weighted by atomic mass is 10.0. The average Bonchev–Trinajstić information content (AvgIpc) is 2.88.